The fraction of sp³-hybridized carbons (Fsp3) is 0.400. The van der Waals surface area contributed by atoms with Gasteiger partial charge in [-0.15, -0.1) is 5.10 Å². The molecule has 1 N–H and O–H groups in total. The van der Waals surface area contributed by atoms with Crippen LogP contribution in [0.2, 0.25) is 0 Å². The van der Waals surface area contributed by atoms with Crippen LogP contribution in [-0.2, 0) is 6.54 Å². The molecule has 1 aromatic carbocycles. The zero-order chi connectivity index (χ0) is 10.1. The Morgan fingerprint density at radius 2 is 2.21 bits per heavy atom. The second-order valence-corrected chi connectivity index (χ2v) is 3.81. The Balaban J connectivity index is 2.52. The van der Waals surface area contributed by atoms with E-state index in [0.717, 1.165) is 12.1 Å². The molecule has 2 aromatic rings. The summed E-state index contributed by atoms with van der Waals surface area (Å²) in [5.41, 5.74) is 1.46. The summed E-state index contributed by atoms with van der Waals surface area (Å²) in [5.74, 6) is 0.708. The molecule has 2 rings (SSSR count). The van der Waals surface area contributed by atoms with Crippen LogP contribution in [0.3, 0.4) is 0 Å². The van der Waals surface area contributed by atoms with Crippen molar-refractivity contribution in [1.29, 1.82) is 0 Å². The largest absolute Gasteiger partial charge is 0.506 e. The monoisotopic (exact) mass is 191 g/mol. The standard InChI is InChI=1S/C10H13N3O/c1-7(2)6-13-8-4-3-5-9(14)10(8)11-12-13/h3-5,7,14H,6H2,1-2H3. The van der Waals surface area contributed by atoms with Gasteiger partial charge in [-0.25, -0.2) is 4.68 Å². The lowest BCUT2D eigenvalue weighted by molar-refractivity contribution is 0.480. The van der Waals surface area contributed by atoms with E-state index in [1.807, 2.05) is 10.7 Å². The molecular formula is C10H13N3O. The number of hydrogen-bond donors (Lipinski definition) is 1. The molecule has 0 radical (unpaired) electrons. The van der Waals surface area contributed by atoms with E-state index in [4.69, 9.17) is 0 Å². The first-order valence-corrected chi connectivity index (χ1v) is 4.69. The maximum absolute atomic E-state index is 9.50. The molecular weight excluding hydrogens is 178 g/mol. The van der Waals surface area contributed by atoms with Crippen molar-refractivity contribution in [2.45, 2.75) is 20.4 Å². The molecule has 0 amide bonds. The molecule has 0 aliphatic carbocycles. The highest BCUT2D eigenvalue weighted by Gasteiger charge is 2.08. The van der Waals surface area contributed by atoms with Gasteiger partial charge in [0.2, 0.25) is 0 Å². The third kappa shape index (κ3) is 1.43. The number of aromatic hydroxyl groups is 1. The molecule has 1 aromatic heterocycles. The van der Waals surface area contributed by atoms with E-state index in [1.54, 1.807) is 12.1 Å². The predicted octanol–water partition coefficient (Wildman–Crippen LogP) is 1.79. The SMILES string of the molecule is CC(C)Cn1nnc2c(O)cccc21. The van der Waals surface area contributed by atoms with Gasteiger partial charge in [-0.3, -0.25) is 0 Å². The number of phenolic OH excluding ortho intramolecular Hbond substituents is 1. The summed E-state index contributed by atoms with van der Waals surface area (Å²) in [4.78, 5) is 0. The third-order valence-electron chi connectivity index (χ3n) is 2.06. The Bertz CT molecular complexity index is 448. The van der Waals surface area contributed by atoms with Crippen LogP contribution in [0.15, 0.2) is 18.2 Å². The van der Waals surface area contributed by atoms with Gasteiger partial charge in [0, 0.05) is 6.54 Å². The van der Waals surface area contributed by atoms with Gasteiger partial charge < -0.3 is 5.11 Å². The van der Waals surface area contributed by atoms with E-state index in [0.29, 0.717) is 11.4 Å². The molecule has 0 spiro atoms. The molecule has 74 valence electrons. The molecule has 0 aliphatic rings. The number of benzene rings is 1. The number of rotatable bonds is 2. The second kappa shape index (κ2) is 3.29. The Morgan fingerprint density at radius 3 is 2.93 bits per heavy atom. The molecule has 4 nitrogen and oxygen atoms in total. The number of hydrogen-bond acceptors (Lipinski definition) is 3. The summed E-state index contributed by atoms with van der Waals surface area (Å²) in [6.07, 6.45) is 0. The van der Waals surface area contributed by atoms with Crippen LogP contribution in [0.4, 0.5) is 0 Å². The van der Waals surface area contributed by atoms with Gasteiger partial charge in [-0.1, -0.05) is 25.1 Å². The highest BCUT2D eigenvalue weighted by Crippen LogP contribution is 2.21. The minimum Gasteiger partial charge on any atom is -0.506 e. The zero-order valence-electron chi connectivity index (χ0n) is 8.31. The van der Waals surface area contributed by atoms with Gasteiger partial charge >= 0.3 is 0 Å². The van der Waals surface area contributed by atoms with Crippen molar-refractivity contribution < 1.29 is 5.11 Å². The summed E-state index contributed by atoms with van der Waals surface area (Å²) < 4.78 is 1.82. The molecule has 4 heteroatoms. The Labute approximate surface area is 82.2 Å². The maximum atomic E-state index is 9.50. The van der Waals surface area contributed by atoms with Crippen LogP contribution in [0, 0.1) is 5.92 Å². The lowest BCUT2D eigenvalue weighted by atomic mass is 10.2. The van der Waals surface area contributed by atoms with Crippen molar-refractivity contribution in [3.05, 3.63) is 18.2 Å². The van der Waals surface area contributed by atoms with Crippen LogP contribution in [0.5, 0.6) is 5.75 Å². The van der Waals surface area contributed by atoms with Gasteiger partial charge in [-0.05, 0) is 18.1 Å². The van der Waals surface area contributed by atoms with E-state index in [1.165, 1.54) is 0 Å². The van der Waals surface area contributed by atoms with Crippen molar-refractivity contribution in [1.82, 2.24) is 15.0 Å². The summed E-state index contributed by atoms with van der Waals surface area (Å²) in [6, 6.07) is 5.34. The van der Waals surface area contributed by atoms with Gasteiger partial charge in [0.1, 0.15) is 5.75 Å². The van der Waals surface area contributed by atoms with Crippen molar-refractivity contribution >= 4 is 11.0 Å². The van der Waals surface area contributed by atoms with Gasteiger partial charge in [0.05, 0.1) is 5.52 Å². The first kappa shape index (κ1) is 8.99. The Hall–Kier alpha value is -1.58. The van der Waals surface area contributed by atoms with E-state index in [2.05, 4.69) is 24.2 Å². The van der Waals surface area contributed by atoms with Gasteiger partial charge in [0.15, 0.2) is 5.52 Å². The van der Waals surface area contributed by atoms with Gasteiger partial charge in [-0.2, -0.15) is 0 Å². The van der Waals surface area contributed by atoms with E-state index in [9.17, 15) is 5.11 Å². The average Bonchev–Trinajstić information content (AvgIpc) is 2.49. The predicted molar refractivity (Wildman–Crippen MR) is 54.0 cm³/mol. The van der Waals surface area contributed by atoms with Crippen LogP contribution in [-0.4, -0.2) is 20.1 Å². The minimum atomic E-state index is 0.192. The van der Waals surface area contributed by atoms with Crippen LogP contribution >= 0.6 is 0 Å². The Kier molecular flexibility index (Phi) is 2.11. The van der Waals surface area contributed by atoms with Crippen molar-refractivity contribution in [2.24, 2.45) is 5.92 Å². The van der Waals surface area contributed by atoms with Gasteiger partial charge in [0.25, 0.3) is 0 Å². The van der Waals surface area contributed by atoms with Crippen LogP contribution in [0.25, 0.3) is 11.0 Å². The molecule has 14 heavy (non-hydrogen) atoms. The first-order chi connectivity index (χ1) is 6.68. The van der Waals surface area contributed by atoms with E-state index < -0.39 is 0 Å². The summed E-state index contributed by atoms with van der Waals surface area (Å²) in [6.45, 7) is 5.06. The molecule has 0 aliphatic heterocycles. The zero-order valence-corrected chi connectivity index (χ0v) is 8.31. The lowest BCUT2D eigenvalue weighted by Gasteiger charge is -2.04. The van der Waals surface area contributed by atoms with E-state index in [-0.39, 0.29) is 5.75 Å². The molecule has 0 saturated carbocycles. The Morgan fingerprint density at radius 1 is 1.43 bits per heavy atom. The number of phenols is 1. The van der Waals surface area contributed by atoms with Crippen molar-refractivity contribution in [2.75, 3.05) is 0 Å². The molecule has 0 atom stereocenters. The highest BCUT2D eigenvalue weighted by molar-refractivity contribution is 5.80. The van der Waals surface area contributed by atoms with Crippen LogP contribution in [0.1, 0.15) is 13.8 Å². The molecule has 0 bridgehead atoms. The lowest BCUT2D eigenvalue weighted by Crippen LogP contribution is -2.05. The summed E-state index contributed by atoms with van der Waals surface area (Å²) in [5, 5.41) is 17.4. The summed E-state index contributed by atoms with van der Waals surface area (Å²) >= 11 is 0. The number of nitrogens with zero attached hydrogens (tertiary/aromatic N) is 3. The average molecular weight is 191 g/mol. The number of aromatic nitrogens is 3. The topological polar surface area (TPSA) is 50.9 Å². The minimum absolute atomic E-state index is 0.192. The highest BCUT2D eigenvalue weighted by atomic mass is 16.3. The second-order valence-electron chi connectivity index (χ2n) is 3.81. The third-order valence-corrected chi connectivity index (χ3v) is 2.06. The fourth-order valence-electron chi connectivity index (χ4n) is 1.46. The quantitative estimate of drug-likeness (QED) is 0.787. The molecule has 0 fully saturated rings. The molecule has 0 unspecified atom stereocenters. The smallest absolute Gasteiger partial charge is 0.154 e. The van der Waals surface area contributed by atoms with Crippen molar-refractivity contribution in [3.63, 3.8) is 0 Å². The summed E-state index contributed by atoms with van der Waals surface area (Å²) in [7, 11) is 0. The maximum Gasteiger partial charge on any atom is 0.154 e. The van der Waals surface area contributed by atoms with E-state index >= 15 is 0 Å². The van der Waals surface area contributed by atoms with Crippen LogP contribution < -0.4 is 0 Å². The van der Waals surface area contributed by atoms with Crippen molar-refractivity contribution in [3.8, 4) is 5.75 Å². The molecule has 1 heterocycles. The number of fused-ring (bicyclic) bond motifs is 1. The first-order valence-electron chi connectivity index (χ1n) is 4.69. The fourth-order valence-corrected chi connectivity index (χ4v) is 1.46. The molecule has 0 saturated heterocycles. The normalized spacial score (nSPS) is 11.4.